The number of hydrogen-bond donors (Lipinski definition) is 0. The lowest BCUT2D eigenvalue weighted by atomic mass is 9.79. The number of hydrogen-bond acceptors (Lipinski definition) is 4. The van der Waals surface area contributed by atoms with Crippen LogP contribution in [-0.2, 0) is 22.5 Å². The lowest BCUT2D eigenvalue weighted by Crippen LogP contribution is -2.41. The van der Waals surface area contributed by atoms with Crippen LogP contribution in [0, 0.1) is 0 Å². The average Bonchev–Trinajstić information content (AvgIpc) is 2.97. The molecule has 2 heterocycles. The van der Waals surface area contributed by atoms with Gasteiger partial charge in [0, 0.05) is 12.6 Å². The molecule has 0 amide bonds. The molecule has 1 aromatic heterocycles. The van der Waals surface area contributed by atoms with Crippen LogP contribution in [0.2, 0.25) is 0 Å². The molecule has 0 radical (unpaired) electrons. The first-order chi connectivity index (χ1) is 11.4. The standard InChI is InChI=1S/C16H19BF3N3O2/c1-14(2)15(3,4)25-17(24-14)11-8-6-10(7-9-11)12-21-13(16(18,19)20)23(5)22-12/h6-9H,1-5H3. The Morgan fingerprint density at radius 2 is 1.52 bits per heavy atom. The number of aryl methyl sites for hydroxylation is 1. The lowest BCUT2D eigenvalue weighted by Gasteiger charge is -2.32. The zero-order valence-electron chi connectivity index (χ0n) is 14.7. The molecule has 0 bridgehead atoms. The van der Waals surface area contributed by atoms with Gasteiger partial charge in [-0.15, -0.1) is 0 Å². The number of rotatable bonds is 2. The van der Waals surface area contributed by atoms with Crippen molar-refractivity contribution in [3.05, 3.63) is 30.1 Å². The first-order valence-corrected chi connectivity index (χ1v) is 7.85. The Morgan fingerprint density at radius 1 is 1.00 bits per heavy atom. The average molecular weight is 353 g/mol. The van der Waals surface area contributed by atoms with E-state index < -0.39 is 30.3 Å². The van der Waals surface area contributed by atoms with Gasteiger partial charge in [-0.3, -0.25) is 0 Å². The first-order valence-electron chi connectivity index (χ1n) is 7.85. The molecule has 0 saturated carbocycles. The molecule has 1 fully saturated rings. The maximum Gasteiger partial charge on any atom is 0.494 e. The Hall–Kier alpha value is -1.87. The normalized spacial score (nSPS) is 19.4. The number of alkyl halides is 3. The molecule has 1 aliphatic rings. The van der Waals surface area contributed by atoms with Gasteiger partial charge >= 0.3 is 13.3 Å². The largest absolute Gasteiger partial charge is 0.494 e. The summed E-state index contributed by atoms with van der Waals surface area (Å²) in [5, 5.41) is 3.84. The Labute approximate surface area is 144 Å². The Bertz CT molecular complexity index is 769. The fourth-order valence-corrected chi connectivity index (χ4v) is 2.52. The third kappa shape index (κ3) is 3.18. The highest BCUT2D eigenvalue weighted by Crippen LogP contribution is 2.36. The van der Waals surface area contributed by atoms with E-state index in [9.17, 15) is 13.2 Å². The third-order valence-corrected chi connectivity index (χ3v) is 4.71. The molecule has 0 spiro atoms. The molecule has 1 aromatic carbocycles. The number of halogens is 3. The number of benzene rings is 1. The van der Waals surface area contributed by atoms with E-state index in [4.69, 9.17) is 9.31 Å². The zero-order valence-corrected chi connectivity index (χ0v) is 14.7. The van der Waals surface area contributed by atoms with Crippen LogP contribution >= 0.6 is 0 Å². The highest BCUT2D eigenvalue weighted by atomic mass is 19.4. The lowest BCUT2D eigenvalue weighted by molar-refractivity contribution is -0.147. The summed E-state index contributed by atoms with van der Waals surface area (Å²) in [5.41, 5.74) is 0.363. The van der Waals surface area contributed by atoms with Gasteiger partial charge in [-0.2, -0.15) is 18.3 Å². The van der Waals surface area contributed by atoms with E-state index in [-0.39, 0.29) is 5.82 Å². The van der Waals surface area contributed by atoms with Crippen molar-refractivity contribution in [2.24, 2.45) is 7.05 Å². The third-order valence-electron chi connectivity index (χ3n) is 4.71. The van der Waals surface area contributed by atoms with Gasteiger partial charge in [0.25, 0.3) is 0 Å². The van der Waals surface area contributed by atoms with Gasteiger partial charge < -0.3 is 9.31 Å². The Kier molecular flexibility index (Phi) is 4.00. The Morgan fingerprint density at radius 3 is 1.96 bits per heavy atom. The minimum atomic E-state index is -4.54. The van der Waals surface area contributed by atoms with Crippen LogP contribution in [0.1, 0.15) is 33.5 Å². The van der Waals surface area contributed by atoms with Crippen LogP contribution in [-0.4, -0.2) is 33.1 Å². The SMILES string of the molecule is Cn1nc(-c2ccc(B3OC(C)(C)C(C)(C)O3)cc2)nc1C(F)(F)F. The Balaban J connectivity index is 1.85. The van der Waals surface area contributed by atoms with Crippen LogP contribution in [0.15, 0.2) is 24.3 Å². The molecule has 5 nitrogen and oxygen atoms in total. The first kappa shape index (κ1) is 17.9. The van der Waals surface area contributed by atoms with E-state index in [0.717, 1.165) is 10.1 Å². The van der Waals surface area contributed by atoms with Crippen LogP contribution in [0.3, 0.4) is 0 Å². The molecule has 2 aromatic rings. The summed E-state index contributed by atoms with van der Waals surface area (Å²) in [7, 11) is 0.694. The quantitative estimate of drug-likeness (QED) is 0.779. The van der Waals surface area contributed by atoms with Gasteiger partial charge in [0.1, 0.15) is 0 Å². The second kappa shape index (κ2) is 5.57. The topological polar surface area (TPSA) is 49.2 Å². The van der Waals surface area contributed by atoms with Crippen molar-refractivity contribution >= 4 is 12.6 Å². The molecule has 0 atom stereocenters. The minimum absolute atomic E-state index is 0.0234. The highest BCUT2D eigenvalue weighted by molar-refractivity contribution is 6.62. The molecule has 1 saturated heterocycles. The van der Waals surface area contributed by atoms with Gasteiger partial charge in [-0.1, -0.05) is 24.3 Å². The van der Waals surface area contributed by atoms with Gasteiger partial charge in [0.15, 0.2) is 5.82 Å². The van der Waals surface area contributed by atoms with E-state index in [1.165, 1.54) is 7.05 Å². The molecule has 0 unspecified atom stereocenters. The van der Waals surface area contributed by atoms with Crippen molar-refractivity contribution in [1.82, 2.24) is 14.8 Å². The van der Waals surface area contributed by atoms with Crippen molar-refractivity contribution in [3.63, 3.8) is 0 Å². The highest BCUT2D eigenvalue weighted by Gasteiger charge is 2.51. The van der Waals surface area contributed by atoms with Crippen molar-refractivity contribution in [2.75, 3.05) is 0 Å². The molecular formula is C16H19BF3N3O2. The van der Waals surface area contributed by atoms with Crippen molar-refractivity contribution < 1.29 is 22.5 Å². The van der Waals surface area contributed by atoms with Crippen LogP contribution in [0.25, 0.3) is 11.4 Å². The summed E-state index contributed by atoms with van der Waals surface area (Å²) in [6.45, 7) is 7.82. The fraction of sp³-hybridized carbons (Fsp3) is 0.500. The van der Waals surface area contributed by atoms with Crippen molar-refractivity contribution in [1.29, 1.82) is 0 Å². The van der Waals surface area contributed by atoms with Crippen LogP contribution < -0.4 is 5.46 Å². The molecule has 9 heteroatoms. The summed E-state index contributed by atoms with van der Waals surface area (Å²) in [4.78, 5) is 3.59. The van der Waals surface area contributed by atoms with E-state index in [2.05, 4.69) is 10.1 Å². The molecule has 0 N–H and O–H groups in total. The van der Waals surface area contributed by atoms with E-state index >= 15 is 0 Å². The zero-order chi connectivity index (χ0) is 18.6. The van der Waals surface area contributed by atoms with E-state index in [1.807, 2.05) is 27.7 Å². The van der Waals surface area contributed by atoms with Gasteiger partial charge in [0.05, 0.1) is 11.2 Å². The van der Waals surface area contributed by atoms with Gasteiger partial charge in [-0.25, -0.2) is 9.67 Å². The summed E-state index contributed by atoms with van der Waals surface area (Å²) in [6.07, 6.45) is -4.54. The fourth-order valence-electron chi connectivity index (χ4n) is 2.52. The minimum Gasteiger partial charge on any atom is -0.399 e. The van der Waals surface area contributed by atoms with Crippen molar-refractivity contribution in [3.8, 4) is 11.4 Å². The maximum atomic E-state index is 12.8. The van der Waals surface area contributed by atoms with E-state index in [0.29, 0.717) is 5.56 Å². The molecular weight excluding hydrogens is 334 g/mol. The maximum absolute atomic E-state index is 12.8. The van der Waals surface area contributed by atoms with E-state index in [1.54, 1.807) is 24.3 Å². The van der Waals surface area contributed by atoms with Crippen molar-refractivity contribution in [2.45, 2.75) is 45.1 Å². The smallest absolute Gasteiger partial charge is 0.399 e. The van der Waals surface area contributed by atoms with Gasteiger partial charge in [-0.05, 0) is 33.2 Å². The second-order valence-electron chi connectivity index (χ2n) is 7.09. The summed E-state index contributed by atoms with van der Waals surface area (Å²) in [5.74, 6) is -1.01. The van der Waals surface area contributed by atoms with Gasteiger partial charge in [0.2, 0.25) is 5.82 Å². The summed E-state index contributed by atoms with van der Waals surface area (Å²) in [6, 6.07) is 6.83. The molecule has 1 aliphatic heterocycles. The molecule has 3 rings (SSSR count). The van der Waals surface area contributed by atoms with Crippen LogP contribution in [0.5, 0.6) is 0 Å². The molecule has 25 heavy (non-hydrogen) atoms. The predicted molar refractivity (Wildman–Crippen MR) is 87.2 cm³/mol. The molecule has 134 valence electrons. The molecule has 0 aliphatic carbocycles. The second-order valence-corrected chi connectivity index (χ2v) is 7.09. The van der Waals surface area contributed by atoms with Crippen LogP contribution in [0.4, 0.5) is 13.2 Å². The monoisotopic (exact) mass is 353 g/mol. The predicted octanol–water partition coefficient (Wildman–Crippen LogP) is 2.80. The number of nitrogens with zero attached hydrogens (tertiary/aromatic N) is 3. The number of aromatic nitrogens is 3. The summed E-state index contributed by atoms with van der Waals surface area (Å²) >= 11 is 0. The summed E-state index contributed by atoms with van der Waals surface area (Å²) < 4.78 is 51.2.